The Hall–Kier alpha value is -1.82. The van der Waals surface area contributed by atoms with Crippen molar-refractivity contribution in [1.82, 2.24) is 0 Å². The summed E-state index contributed by atoms with van der Waals surface area (Å²) in [5.41, 5.74) is 1.27. The lowest BCUT2D eigenvalue weighted by molar-refractivity contribution is 1.39. The molecular formula is C16H16. The molecule has 0 saturated carbocycles. The molecule has 0 heterocycles. The molecule has 2 aromatic rings. The van der Waals surface area contributed by atoms with Gasteiger partial charge in [0.1, 0.15) is 0 Å². The summed E-state index contributed by atoms with van der Waals surface area (Å²) in [6.45, 7) is 2.05. The van der Waals surface area contributed by atoms with E-state index in [1.165, 1.54) is 16.3 Å². The van der Waals surface area contributed by atoms with Gasteiger partial charge in [-0.25, -0.2) is 0 Å². The first kappa shape index (κ1) is 10.7. The summed E-state index contributed by atoms with van der Waals surface area (Å²) < 4.78 is 0. The fourth-order valence-electron chi connectivity index (χ4n) is 1.73. The van der Waals surface area contributed by atoms with Crippen LogP contribution in [0.3, 0.4) is 0 Å². The Kier molecular flexibility index (Phi) is 3.55. The molecule has 16 heavy (non-hydrogen) atoms. The van der Waals surface area contributed by atoms with Gasteiger partial charge in [-0.3, -0.25) is 0 Å². The van der Waals surface area contributed by atoms with Crippen LogP contribution >= 0.6 is 0 Å². The van der Waals surface area contributed by atoms with E-state index in [-0.39, 0.29) is 0 Å². The predicted molar refractivity (Wildman–Crippen MR) is 72.4 cm³/mol. The predicted octanol–water partition coefficient (Wildman–Crippen LogP) is 4.82. The van der Waals surface area contributed by atoms with Gasteiger partial charge in [0.2, 0.25) is 0 Å². The van der Waals surface area contributed by atoms with Gasteiger partial charge in [0.05, 0.1) is 0 Å². The second kappa shape index (κ2) is 5.32. The van der Waals surface area contributed by atoms with Crippen LogP contribution in [0.25, 0.3) is 16.8 Å². The molecule has 0 nitrogen and oxygen atoms in total. The Morgan fingerprint density at radius 3 is 2.56 bits per heavy atom. The summed E-state index contributed by atoms with van der Waals surface area (Å²) in [6.07, 6.45) is 9.59. The highest BCUT2D eigenvalue weighted by molar-refractivity contribution is 5.84. The summed E-state index contributed by atoms with van der Waals surface area (Å²) in [5, 5.41) is 2.60. The fourth-order valence-corrected chi connectivity index (χ4v) is 1.73. The second-order valence-electron chi connectivity index (χ2n) is 3.81. The Bertz CT molecular complexity index is 518. The molecule has 0 aliphatic carbocycles. The molecule has 0 aliphatic rings. The molecule has 0 aliphatic heterocycles. The van der Waals surface area contributed by atoms with Crippen LogP contribution in [0.2, 0.25) is 0 Å². The molecule has 0 spiro atoms. The van der Waals surface area contributed by atoms with Gasteiger partial charge in [-0.2, -0.15) is 0 Å². The summed E-state index contributed by atoms with van der Waals surface area (Å²) in [7, 11) is 0. The lowest BCUT2D eigenvalue weighted by Gasteiger charge is -1.98. The van der Waals surface area contributed by atoms with Gasteiger partial charge in [0.15, 0.2) is 0 Å². The highest BCUT2D eigenvalue weighted by Crippen LogP contribution is 2.16. The minimum Gasteiger partial charge on any atom is -0.0914 e. The van der Waals surface area contributed by atoms with Crippen LogP contribution in [0.15, 0.2) is 60.7 Å². The van der Waals surface area contributed by atoms with Crippen molar-refractivity contribution >= 4 is 16.8 Å². The number of benzene rings is 2. The summed E-state index contributed by atoms with van der Waals surface area (Å²) in [4.78, 5) is 0. The van der Waals surface area contributed by atoms with Crippen LogP contribution in [0, 0.1) is 0 Å². The van der Waals surface area contributed by atoms with E-state index in [0.29, 0.717) is 0 Å². The van der Waals surface area contributed by atoms with E-state index < -0.39 is 0 Å². The van der Waals surface area contributed by atoms with Gasteiger partial charge in [-0.1, -0.05) is 60.7 Å². The van der Waals surface area contributed by atoms with Crippen molar-refractivity contribution in [2.24, 2.45) is 0 Å². The molecule has 0 saturated heterocycles. The van der Waals surface area contributed by atoms with Crippen LogP contribution in [0.4, 0.5) is 0 Å². The van der Waals surface area contributed by atoms with Crippen LogP contribution in [0.5, 0.6) is 0 Å². The molecule has 80 valence electrons. The normalized spacial score (nSPS) is 11.8. The van der Waals surface area contributed by atoms with E-state index in [2.05, 4.69) is 66.8 Å². The number of rotatable bonds is 3. The molecule has 0 amide bonds. The molecule has 0 fully saturated rings. The molecule has 0 bridgehead atoms. The van der Waals surface area contributed by atoms with E-state index in [1.54, 1.807) is 0 Å². The van der Waals surface area contributed by atoms with E-state index in [4.69, 9.17) is 0 Å². The van der Waals surface area contributed by atoms with E-state index >= 15 is 0 Å². The lowest BCUT2D eigenvalue weighted by atomic mass is 10.1. The SMILES string of the molecule is C/C=C/C/C=C/c1ccc2ccccc2c1. The second-order valence-corrected chi connectivity index (χ2v) is 3.81. The molecule has 0 N–H and O–H groups in total. The standard InChI is InChI=1S/C16H16/c1-2-3-4-5-8-14-11-12-15-9-6-7-10-16(15)13-14/h2-3,5-13H,4H2,1H3/b3-2+,8-5+. The maximum Gasteiger partial charge on any atom is -0.0166 e. The minimum absolute atomic E-state index is 1.00. The zero-order valence-corrected chi connectivity index (χ0v) is 9.56. The third-order valence-electron chi connectivity index (χ3n) is 2.59. The molecule has 0 atom stereocenters. The zero-order valence-electron chi connectivity index (χ0n) is 9.56. The minimum atomic E-state index is 1.00. The Labute approximate surface area is 96.9 Å². The number of hydrogen-bond acceptors (Lipinski definition) is 0. The van der Waals surface area contributed by atoms with Gasteiger partial charge < -0.3 is 0 Å². The molecule has 0 radical (unpaired) electrons. The summed E-state index contributed by atoms with van der Waals surface area (Å²) in [6, 6.07) is 15.0. The van der Waals surface area contributed by atoms with E-state index in [9.17, 15) is 0 Å². The Morgan fingerprint density at radius 1 is 0.938 bits per heavy atom. The quantitative estimate of drug-likeness (QED) is 0.634. The maximum absolute atomic E-state index is 2.22. The van der Waals surface area contributed by atoms with Crippen molar-refractivity contribution < 1.29 is 0 Å². The van der Waals surface area contributed by atoms with Crippen LogP contribution in [0.1, 0.15) is 18.9 Å². The lowest BCUT2D eigenvalue weighted by Crippen LogP contribution is -1.74. The average Bonchev–Trinajstić information content (AvgIpc) is 2.34. The third-order valence-corrected chi connectivity index (χ3v) is 2.59. The summed E-state index contributed by atoms with van der Waals surface area (Å²) >= 11 is 0. The third kappa shape index (κ3) is 2.60. The van der Waals surface area contributed by atoms with Gasteiger partial charge in [0.25, 0.3) is 0 Å². The van der Waals surface area contributed by atoms with Gasteiger partial charge in [-0.15, -0.1) is 0 Å². The fraction of sp³-hybridized carbons (Fsp3) is 0.125. The maximum atomic E-state index is 2.22. The molecule has 2 rings (SSSR count). The van der Waals surface area contributed by atoms with Crippen molar-refractivity contribution in [2.75, 3.05) is 0 Å². The van der Waals surface area contributed by atoms with Crippen molar-refractivity contribution in [2.45, 2.75) is 13.3 Å². The zero-order chi connectivity index (χ0) is 11.2. The van der Waals surface area contributed by atoms with Gasteiger partial charge in [-0.05, 0) is 35.7 Å². The van der Waals surface area contributed by atoms with Gasteiger partial charge >= 0.3 is 0 Å². The van der Waals surface area contributed by atoms with Crippen molar-refractivity contribution in [3.63, 3.8) is 0 Å². The number of fused-ring (bicyclic) bond motifs is 1. The smallest absolute Gasteiger partial charge is 0.0166 e. The van der Waals surface area contributed by atoms with Crippen LogP contribution in [-0.2, 0) is 0 Å². The average molecular weight is 208 g/mol. The van der Waals surface area contributed by atoms with Gasteiger partial charge in [0, 0.05) is 0 Å². The molecular weight excluding hydrogens is 192 g/mol. The number of hydrogen-bond donors (Lipinski definition) is 0. The van der Waals surface area contributed by atoms with E-state index in [1.807, 2.05) is 6.92 Å². The molecule has 0 aromatic heterocycles. The first-order chi connectivity index (χ1) is 7.90. The first-order valence-corrected chi connectivity index (χ1v) is 5.66. The molecule has 2 aromatic carbocycles. The highest BCUT2D eigenvalue weighted by atomic mass is 14.0. The topological polar surface area (TPSA) is 0 Å². The largest absolute Gasteiger partial charge is 0.0914 e. The monoisotopic (exact) mass is 208 g/mol. The van der Waals surface area contributed by atoms with Crippen LogP contribution in [-0.4, -0.2) is 0 Å². The number of allylic oxidation sites excluding steroid dienone is 3. The Morgan fingerprint density at radius 2 is 1.75 bits per heavy atom. The summed E-state index contributed by atoms with van der Waals surface area (Å²) in [5.74, 6) is 0. The molecule has 0 heteroatoms. The van der Waals surface area contributed by atoms with Crippen molar-refractivity contribution in [1.29, 1.82) is 0 Å². The van der Waals surface area contributed by atoms with E-state index in [0.717, 1.165) is 6.42 Å². The first-order valence-electron chi connectivity index (χ1n) is 5.66. The molecule has 0 unspecified atom stereocenters. The highest BCUT2D eigenvalue weighted by Gasteiger charge is 1.91. The Balaban J connectivity index is 2.22. The van der Waals surface area contributed by atoms with Crippen molar-refractivity contribution in [3.8, 4) is 0 Å². The van der Waals surface area contributed by atoms with Crippen molar-refractivity contribution in [3.05, 3.63) is 66.3 Å². The van der Waals surface area contributed by atoms with Crippen LogP contribution < -0.4 is 0 Å².